The number of hydrogen-bond donors (Lipinski definition) is 1. The molecule has 0 aliphatic rings. The van der Waals surface area contributed by atoms with Crippen LogP contribution >= 0.6 is 9.39 Å². The van der Waals surface area contributed by atoms with Gasteiger partial charge in [0.25, 0.3) is 0 Å². The van der Waals surface area contributed by atoms with Crippen LogP contribution in [0.25, 0.3) is 5.69 Å². The minimum atomic E-state index is -2.09. The van der Waals surface area contributed by atoms with Crippen molar-refractivity contribution in [2.24, 2.45) is 0 Å². The molecule has 0 saturated heterocycles. The molecule has 3 rings (SSSR count). The summed E-state index contributed by atoms with van der Waals surface area (Å²) in [6.07, 6.45) is 4.21. The number of unbranched alkanes of at least 4 members (excludes halogenated alkanes) is 2. The standard InChI is InChI=1S/C30H45N2O5PSi/c1-8-9-10-11-27(36-20-22-12-18-25(35-5)19-13-22)23-14-16-24(17-15-23)31-26(28(33)32(38)29(31)34)21-37-39(6,7)30(2,3)4/h12-19,27,33H,8-11,20-21,38H2,1-7H3. The summed E-state index contributed by atoms with van der Waals surface area (Å²) in [6, 6.07) is 15.8. The second-order valence-electron chi connectivity index (χ2n) is 11.5. The Morgan fingerprint density at radius 3 is 2.21 bits per heavy atom. The van der Waals surface area contributed by atoms with Gasteiger partial charge in [0.1, 0.15) is 11.4 Å². The molecule has 0 bridgehead atoms. The molecule has 7 nitrogen and oxygen atoms in total. The highest BCUT2D eigenvalue weighted by Gasteiger charge is 2.38. The van der Waals surface area contributed by atoms with Gasteiger partial charge in [-0.1, -0.05) is 71.2 Å². The Bertz CT molecular complexity index is 1260. The van der Waals surface area contributed by atoms with Gasteiger partial charge in [0.15, 0.2) is 8.32 Å². The first kappa shape index (κ1) is 31.1. The Morgan fingerprint density at radius 2 is 1.64 bits per heavy atom. The smallest absolute Gasteiger partial charge is 0.338 e. The summed E-state index contributed by atoms with van der Waals surface area (Å²) in [5, 5.41) is 10.8. The molecule has 0 spiro atoms. The topological polar surface area (TPSA) is 74.9 Å². The van der Waals surface area contributed by atoms with E-state index in [4.69, 9.17) is 13.9 Å². The fourth-order valence-corrected chi connectivity index (χ4v) is 5.29. The van der Waals surface area contributed by atoms with E-state index in [0.29, 0.717) is 18.0 Å². The van der Waals surface area contributed by atoms with Crippen LogP contribution in [0.1, 0.15) is 76.3 Å². The maximum absolute atomic E-state index is 13.1. The molecular formula is C30H45N2O5PSi. The van der Waals surface area contributed by atoms with Crippen molar-refractivity contribution in [2.45, 2.75) is 90.8 Å². The summed E-state index contributed by atoms with van der Waals surface area (Å²) in [6.45, 7) is 13.7. The van der Waals surface area contributed by atoms with Crippen molar-refractivity contribution in [3.63, 3.8) is 0 Å². The third-order valence-electron chi connectivity index (χ3n) is 7.73. The lowest BCUT2D eigenvalue weighted by Gasteiger charge is -2.36. The lowest BCUT2D eigenvalue weighted by molar-refractivity contribution is 0.0322. The molecule has 3 aromatic rings. The van der Waals surface area contributed by atoms with Crippen LogP contribution in [-0.4, -0.2) is 29.4 Å². The lowest BCUT2D eigenvalue weighted by Crippen LogP contribution is -2.40. The summed E-state index contributed by atoms with van der Waals surface area (Å²) in [5.74, 6) is 0.719. The van der Waals surface area contributed by atoms with Gasteiger partial charge in [-0.3, -0.25) is 4.57 Å². The molecule has 0 saturated carbocycles. The van der Waals surface area contributed by atoms with E-state index in [9.17, 15) is 9.90 Å². The van der Waals surface area contributed by atoms with E-state index >= 15 is 0 Å². The van der Waals surface area contributed by atoms with Crippen LogP contribution in [0.5, 0.6) is 11.6 Å². The molecule has 39 heavy (non-hydrogen) atoms. The van der Waals surface area contributed by atoms with Crippen LogP contribution < -0.4 is 10.4 Å². The summed E-state index contributed by atoms with van der Waals surface area (Å²) in [4.78, 5) is 13.1. The van der Waals surface area contributed by atoms with E-state index in [1.165, 1.54) is 8.90 Å². The molecule has 0 amide bonds. The second-order valence-corrected chi connectivity index (χ2v) is 16.9. The van der Waals surface area contributed by atoms with Crippen LogP contribution in [0.2, 0.25) is 18.1 Å². The number of hydrogen-bond acceptors (Lipinski definition) is 5. The van der Waals surface area contributed by atoms with Crippen molar-refractivity contribution in [1.82, 2.24) is 8.90 Å². The minimum Gasteiger partial charge on any atom is -0.497 e. The zero-order valence-electron chi connectivity index (χ0n) is 24.5. The first-order valence-electron chi connectivity index (χ1n) is 13.7. The second kappa shape index (κ2) is 13.3. The Kier molecular flexibility index (Phi) is 10.6. The van der Waals surface area contributed by atoms with Crippen molar-refractivity contribution >= 4 is 17.7 Å². The Balaban J connectivity index is 1.85. The zero-order chi connectivity index (χ0) is 28.8. The number of methoxy groups -OCH3 is 1. The molecule has 2 unspecified atom stereocenters. The maximum Gasteiger partial charge on any atom is 0.338 e. The van der Waals surface area contributed by atoms with Crippen molar-refractivity contribution < 1.29 is 19.0 Å². The van der Waals surface area contributed by atoms with E-state index in [1.807, 2.05) is 48.5 Å². The van der Waals surface area contributed by atoms with Crippen molar-refractivity contribution in [3.8, 4) is 17.3 Å². The largest absolute Gasteiger partial charge is 0.497 e. The first-order valence-corrected chi connectivity index (χ1v) is 17.1. The summed E-state index contributed by atoms with van der Waals surface area (Å²) >= 11 is 0. The Hall–Kier alpha value is -2.38. The summed E-state index contributed by atoms with van der Waals surface area (Å²) < 4.78 is 20.7. The molecule has 0 radical (unpaired) electrons. The monoisotopic (exact) mass is 572 g/mol. The van der Waals surface area contributed by atoms with Gasteiger partial charge in [-0.05, 0) is 69.3 Å². The van der Waals surface area contributed by atoms with E-state index in [1.54, 1.807) is 7.11 Å². The predicted octanol–water partition coefficient (Wildman–Crippen LogP) is 7.35. The zero-order valence-corrected chi connectivity index (χ0v) is 26.6. The molecule has 2 atom stereocenters. The highest BCUT2D eigenvalue weighted by molar-refractivity contribution is 7.14. The third kappa shape index (κ3) is 7.63. The van der Waals surface area contributed by atoms with Crippen LogP contribution in [0.4, 0.5) is 0 Å². The normalized spacial score (nSPS) is 13.0. The Labute approximate surface area is 236 Å². The molecule has 2 aromatic carbocycles. The number of aromatic hydroxyl groups is 1. The number of nitrogens with zero attached hydrogens (tertiary/aromatic N) is 2. The highest BCUT2D eigenvalue weighted by Crippen LogP contribution is 2.38. The number of ether oxygens (including phenoxy) is 2. The van der Waals surface area contributed by atoms with E-state index in [2.05, 4.69) is 50.2 Å². The average Bonchev–Trinajstić information content (AvgIpc) is 3.12. The van der Waals surface area contributed by atoms with Crippen LogP contribution in [0.3, 0.4) is 0 Å². The first-order chi connectivity index (χ1) is 18.4. The number of rotatable bonds is 13. The van der Waals surface area contributed by atoms with Gasteiger partial charge in [0.2, 0.25) is 5.88 Å². The molecule has 1 heterocycles. The number of imidazole rings is 1. The molecule has 214 valence electrons. The van der Waals surface area contributed by atoms with Gasteiger partial charge in [-0.2, -0.15) is 0 Å². The lowest BCUT2D eigenvalue weighted by atomic mass is 10.0. The van der Waals surface area contributed by atoms with Gasteiger partial charge in [-0.25, -0.2) is 9.13 Å². The molecule has 0 aliphatic heterocycles. The SMILES string of the molecule is CCCCCC(OCc1ccc(OC)cc1)c1ccc(-n2c(CO[Si](C)(C)C(C)(C)C)c(O)n(P)c2=O)cc1. The van der Waals surface area contributed by atoms with Crippen LogP contribution in [0, 0.1) is 0 Å². The fraction of sp³-hybridized carbons (Fsp3) is 0.500. The summed E-state index contributed by atoms with van der Waals surface area (Å²) in [5.41, 5.74) is 2.93. The minimum absolute atomic E-state index is 0.0114. The number of benzene rings is 2. The highest BCUT2D eigenvalue weighted by atomic mass is 31.0. The van der Waals surface area contributed by atoms with Crippen molar-refractivity contribution in [2.75, 3.05) is 7.11 Å². The molecule has 1 N–H and O–H groups in total. The van der Waals surface area contributed by atoms with Gasteiger partial charge in [-0.15, -0.1) is 0 Å². The number of aromatic nitrogens is 2. The predicted molar refractivity (Wildman–Crippen MR) is 163 cm³/mol. The van der Waals surface area contributed by atoms with Gasteiger partial charge < -0.3 is 19.0 Å². The fourth-order valence-electron chi connectivity index (χ4n) is 4.10. The molecule has 0 fully saturated rings. The van der Waals surface area contributed by atoms with Gasteiger partial charge >= 0.3 is 5.69 Å². The molecule has 9 heteroatoms. The van der Waals surface area contributed by atoms with Crippen molar-refractivity contribution in [3.05, 3.63) is 75.8 Å². The van der Waals surface area contributed by atoms with Gasteiger partial charge in [0, 0.05) is 0 Å². The quantitative estimate of drug-likeness (QED) is 0.132. The maximum atomic E-state index is 13.1. The average molecular weight is 573 g/mol. The van der Waals surface area contributed by atoms with Crippen LogP contribution in [0.15, 0.2) is 53.3 Å². The van der Waals surface area contributed by atoms with E-state index < -0.39 is 8.32 Å². The Morgan fingerprint density at radius 1 is 1.00 bits per heavy atom. The van der Waals surface area contributed by atoms with Crippen molar-refractivity contribution in [1.29, 1.82) is 0 Å². The summed E-state index contributed by atoms with van der Waals surface area (Å²) in [7, 11) is 1.86. The molecule has 0 aliphatic carbocycles. The molecular weight excluding hydrogens is 527 g/mol. The van der Waals surface area contributed by atoms with Crippen LogP contribution in [-0.2, 0) is 22.4 Å². The molecule has 1 aromatic heterocycles. The van der Waals surface area contributed by atoms with E-state index in [0.717, 1.165) is 42.6 Å². The third-order valence-corrected chi connectivity index (χ3v) is 12.7. The van der Waals surface area contributed by atoms with Gasteiger partial charge in [0.05, 0.1) is 32.1 Å². The van der Waals surface area contributed by atoms with E-state index in [-0.39, 0.29) is 29.3 Å².